The molecule has 1 aromatic heterocycles. The van der Waals surface area contributed by atoms with Gasteiger partial charge >= 0.3 is 0 Å². The van der Waals surface area contributed by atoms with Crippen LogP contribution in [0.2, 0.25) is 4.34 Å². The molecule has 0 spiro atoms. The van der Waals surface area contributed by atoms with Crippen LogP contribution in [0.25, 0.3) is 0 Å². The topological polar surface area (TPSA) is 23.5 Å². The molecule has 2 rings (SSSR count). The highest BCUT2D eigenvalue weighted by atomic mass is 35.5. The van der Waals surface area contributed by atoms with Gasteiger partial charge in [-0.2, -0.15) is 0 Å². The van der Waals surface area contributed by atoms with Crippen LogP contribution in [0.4, 0.5) is 0 Å². The highest BCUT2D eigenvalue weighted by Crippen LogP contribution is 2.39. The molecule has 108 valence electrons. The predicted octanol–water partition coefficient (Wildman–Crippen LogP) is 4.02. The fourth-order valence-corrected chi connectivity index (χ4v) is 4.24. The zero-order chi connectivity index (χ0) is 14.0. The summed E-state index contributed by atoms with van der Waals surface area (Å²) in [6.07, 6.45) is 3.05. The van der Waals surface area contributed by atoms with E-state index in [2.05, 4.69) is 31.9 Å². The lowest BCUT2D eigenvalue weighted by molar-refractivity contribution is 0.00684. The fraction of sp³-hybridized carbons (Fsp3) is 0.733. The lowest BCUT2D eigenvalue weighted by atomic mass is 9.71. The first-order chi connectivity index (χ1) is 8.85. The van der Waals surface area contributed by atoms with E-state index < -0.39 is 0 Å². The Balaban J connectivity index is 1.88. The molecule has 1 saturated carbocycles. The summed E-state index contributed by atoms with van der Waals surface area (Å²) in [7, 11) is 2.13. The van der Waals surface area contributed by atoms with Crippen molar-refractivity contribution in [1.82, 2.24) is 4.90 Å². The van der Waals surface area contributed by atoms with Crippen LogP contribution < -0.4 is 0 Å². The van der Waals surface area contributed by atoms with Crippen molar-refractivity contribution >= 4 is 22.9 Å². The van der Waals surface area contributed by atoms with Crippen LogP contribution in [0.15, 0.2) is 12.1 Å². The predicted molar refractivity (Wildman–Crippen MR) is 82.8 cm³/mol. The highest BCUT2D eigenvalue weighted by Gasteiger charge is 2.34. The zero-order valence-electron chi connectivity index (χ0n) is 12.0. The minimum absolute atomic E-state index is 0.137. The molecule has 19 heavy (non-hydrogen) atoms. The Hall–Kier alpha value is -0.0900. The minimum Gasteiger partial charge on any atom is -0.393 e. The quantitative estimate of drug-likeness (QED) is 0.908. The summed E-state index contributed by atoms with van der Waals surface area (Å²) in [5.74, 6) is 0.393. The van der Waals surface area contributed by atoms with Crippen molar-refractivity contribution < 1.29 is 5.11 Å². The van der Waals surface area contributed by atoms with Crippen LogP contribution in [0.3, 0.4) is 0 Å². The first-order valence-electron chi connectivity index (χ1n) is 6.96. The Labute approximate surface area is 125 Å². The maximum atomic E-state index is 10.2. The van der Waals surface area contributed by atoms with Crippen LogP contribution in [-0.2, 0) is 6.54 Å². The third-order valence-electron chi connectivity index (χ3n) is 4.08. The van der Waals surface area contributed by atoms with E-state index >= 15 is 0 Å². The normalized spacial score (nSPS) is 26.8. The molecule has 2 unspecified atom stereocenters. The fourth-order valence-electron chi connectivity index (χ4n) is 3.08. The van der Waals surface area contributed by atoms with Crippen molar-refractivity contribution in [2.45, 2.75) is 45.8 Å². The van der Waals surface area contributed by atoms with Crippen LogP contribution in [-0.4, -0.2) is 29.7 Å². The number of halogens is 1. The summed E-state index contributed by atoms with van der Waals surface area (Å²) in [5.41, 5.74) is 0.372. The number of thiophene rings is 1. The van der Waals surface area contributed by atoms with E-state index in [0.29, 0.717) is 11.3 Å². The monoisotopic (exact) mass is 301 g/mol. The highest BCUT2D eigenvalue weighted by molar-refractivity contribution is 7.16. The number of rotatable bonds is 4. The van der Waals surface area contributed by atoms with E-state index in [1.54, 1.807) is 11.3 Å². The largest absolute Gasteiger partial charge is 0.393 e. The molecule has 2 atom stereocenters. The second-order valence-electron chi connectivity index (χ2n) is 6.64. The van der Waals surface area contributed by atoms with Gasteiger partial charge in [-0.1, -0.05) is 25.4 Å². The van der Waals surface area contributed by atoms with Gasteiger partial charge in [0, 0.05) is 18.0 Å². The Bertz CT molecular complexity index is 418. The molecule has 2 nitrogen and oxygen atoms in total. The number of nitrogens with zero attached hydrogens (tertiary/aromatic N) is 1. The van der Waals surface area contributed by atoms with Gasteiger partial charge in [-0.3, -0.25) is 0 Å². The van der Waals surface area contributed by atoms with Gasteiger partial charge in [-0.25, -0.2) is 0 Å². The molecule has 0 aliphatic heterocycles. The summed E-state index contributed by atoms with van der Waals surface area (Å²) in [6, 6.07) is 4.04. The van der Waals surface area contributed by atoms with Crippen molar-refractivity contribution in [3.8, 4) is 0 Å². The van der Waals surface area contributed by atoms with Crippen molar-refractivity contribution in [2.24, 2.45) is 11.3 Å². The van der Waals surface area contributed by atoms with Gasteiger partial charge in [0.05, 0.1) is 10.4 Å². The first kappa shape index (κ1) is 15.3. The molecule has 1 aliphatic rings. The number of aliphatic hydroxyl groups is 1. The molecule has 1 fully saturated rings. The standard InChI is InChI=1S/C15H24ClNOS/c1-15(2)7-6-13(18)11(8-15)9-17(3)10-12-4-5-14(16)19-12/h4-5,11,13,18H,6-10H2,1-3H3. The summed E-state index contributed by atoms with van der Waals surface area (Å²) >= 11 is 7.60. The van der Waals surface area contributed by atoms with Crippen molar-refractivity contribution in [1.29, 1.82) is 0 Å². The number of aliphatic hydroxyl groups excluding tert-OH is 1. The summed E-state index contributed by atoms with van der Waals surface area (Å²) in [4.78, 5) is 3.59. The lowest BCUT2D eigenvalue weighted by Gasteiger charge is -2.40. The molecule has 0 amide bonds. The van der Waals surface area contributed by atoms with Crippen LogP contribution in [0.5, 0.6) is 0 Å². The van der Waals surface area contributed by atoms with Gasteiger partial charge in [0.1, 0.15) is 0 Å². The zero-order valence-corrected chi connectivity index (χ0v) is 13.6. The van der Waals surface area contributed by atoms with E-state index in [0.717, 1.165) is 36.7 Å². The first-order valence-corrected chi connectivity index (χ1v) is 8.16. The molecule has 1 aliphatic carbocycles. The number of hydrogen-bond acceptors (Lipinski definition) is 3. The van der Waals surface area contributed by atoms with Gasteiger partial charge in [0.2, 0.25) is 0 Å². The van der Waals surface area contributed by atoms with Gasteiger partial charge in [-0.15, -0.1) is 11.3 Å². The molecule has 4 heteroatoms. The maximum absolute atomic E-state index is 10.2. The Morgan fingerprint density at radius 1 is 1.47 bits per heavy atom. The molecule has 0 saturated heterocycles. The lowest BCUT2D eigenvalue weighted by Crippen LogP contribution is -2.39. The van der Waals surface area contributed by atoms with Gasteiger partial charge in [-0.05, 0) is 49.8 Å². The van der Waals surface area contributed by atoms with E-state index in [4.69, 9.17) is 11.6 Å². The average molecular weight is 302 g/mol. The van der Waals surface area contributed by atoms with Crippen molar-refractivity contribution in [3.05, 3.63) is 21.3 Å². The molecular weight excluding hydrogens is 278 g/mol. The van der Waals surface area contributed by atoms with E-state index in [1.165, 1.54) is 4.88 Å². The average Bonchev–Trinajstić information content (AvgIpc) is 2.69. The summed E-state index contributed by atoms with van der Waals surface area (Å²) in [6.45, 7) is 6.50. The smallest absolute Gasteiger partial charge is 0.0931 e. The van der Waals surface area contributed by atoms with E-state index in [1.807, 2.05) is 6.07 Å². The third kappa shape index (κ3) is 4.45. The van der Waals surface area contributed by atoms with Crippen LogP contribution in [0, 0.1) is 11.3 Å². The Morgan fingerprint density at radius 2 is 2.21 bits per heavy atom. The Kier molecular flexibility index (Phi) is 4.93. The molecular formula is C15H24ClNOS. The summed E-state index contributed by atoms with van der Waals surface area (Å²) in [5, 5.41) is 10.2. The SMILES string of the molecule is CN(Cc1ccc(Cl)s1)CC1CC(C)(C)CCC1O. The Morgan fingerprint density at radius 3 is 2.84 bits per heavy atom. The van der Waals surface area contributed by atoms with E-state index in [-0.39, 0.29) is 6.10 Å². The summed E-state index contributed by atoms with van der Waals surface area (Å²) < 4.78 is 0.849. The molecule has 0 radical (unpaired) electrons. The maximum Gasteiger partial charge on any atom is 0.0931 e. The van der Waals surface area contributed by atoms with Gasteiger partial charge in [0.25, 0.3) is 0 Å². The van der Waals surface area contributed by atoms with Gasteiger partial charge in [0.15, 0.2) is 0 Å². The van der Waals surface area contributed by atoms with Crippen LogP contribution in [0.1, 0.15) is 38.0 Å². The van der Waals surface area contributed by atoms with E-state index in [9.17, 15) is 5.11 Å². The molecule has 0 aromatic carbocycles. The van der Waals surface area contributed by atoms with Gasteiger partial charge < -0.3 is 10.0 Å². The third-order valence-corrected chi connectivity index (χ3v) is 5.29. The number of hydrogen-bond donors (Lipinski definition) is 1. The molecule has 0 bridgehead atoms. The van der Waals surface area contributed by atoms with Crippen molar-refractivity contribution in [2.75, 3.05) is 13.6 Å². The molecule has 1 N–H and O–H groups in total. The second kappa shape index (κ2) is 6.13. The van der Waals surface area contributed by atoms with Crippen molar-refractivity contribution in [3.63, 3.8) is 0 Å². The second-order valence-corrected chi connectivity index (χ2v) is 8.44. The van der Waals surface area contributed by atoms with Crippen LogP contribution >= 0.6 is 22.9 Å². The minimum atomic E-state index is -0.137. The molecule has 1 heterocycles. The molecule has 1 aromatic rings.